The second-order valence-electron chi connectivity index (χ2n) is 4.95. The Morgan fingerprint density at radius 1 is 1.26 bits per heavy atom. The number of nitrogens with one attached hydrogen (secondary N) is 1. The lowest BCUT2D eigenvalue weighted by molar-refractivity contribution is 0.572. The van der Waals surface area contributed by atoms with Gasteiger partial charge >= 0.3 is 5.69 Å². The molecule has 23 heavy (non-hydrogen) atoms. The van der Waals surface area contributed by atoms with Gasteiger partial charge in [0, 0.05) is 6.54 Å². The summed E-state index contributed by atoms with van der Waals surface area (Å²) in [6.07, 6.45) is 1.96. The number of aromatic amines is 1. The second kappa shape index (κ2) is 7.23. The van der Waals surface area contributed by atoms with Crippen LogP contribution in [0.15, 0.2) is 40.3 Å². The number of benzene rings is 1. The molecule has 1 N–H and O–H groups in total. The zero-order chi connectivity index (χ0) is 16.1. The van der Waals surface area contributed by atoms with E-state index >= 15 is 0 Å². The van der Waals surface area contributed by atoms with Gasteiger partial charge in [-0.2, -0.15) is 4.68 Å². The Balaban J connectivity index is 1.75. The van der Waals surface area contributed by atoms with Crippen molar-refractivity contribution in [3.05, 3.63) is 46.6 Å². The van der Waals surface area contributed by atoms with Gasteiger partial charge in [-0.05, 0) is 29.0 Å². The molecule has 120 valence electrons. The zero-order valence-corrected chi connectivity index (χ0v) is 13.5. The molecule has 1 aromatic carbocycles. The summed E-state index contributed by atoms with van der Waals surface area (Å²) in [5, 5.41) is 19.1. The number of tetrazole rings is 1. The number of nitrogens with zero attached hydrogens (tertiary/aromatic N) is 6. The molecule has 0 saturated heterocycles. The minimum absolute atomic E-state index is 0.177. The fraction of sp³-hybridized carbons (Fsp3) is 0.357. The molecule has 0 aliphatic carbocycles. The van der Waals surface area contributed by atoms with Gasteiger partial charge in [0.15, 0.2) is 11.0 Å². The Morgan fingerprint density at radius 3 is 2.87 bits per heavy atom. The van der Waals surface area contributed by atoms with Crippen LogP contribution in [0.5, 0.6) is 0 Å². The quantitative estimate of drug-likeness (QED) is 0.661. The molecule has 3 aromatic rings. The van der Waals surface area contributed by atoms with Gasteiger partial charge in [-0.3, -0.25) is 4.57 Å². The molecule has 0 atom stereocenters. The van der Waals surface area contributed by atoms with Crippen LogP contribution in [0, 0.1) is 0 Å². The molecule has 3 rings (SSSR count). The van der Waals surface area contributed by atoms with Crippen molar-refractivity contribution < 1.29 is 0 Å². The first-order valence-corrected chi connectivity index (χ1v) is 8.39. The fourth-order valence-electron chi connectivity index (χ4n) is 2.12. The maximum absolute atomic E-state index is 11.8. The van der Waals surface area contributed by atoms with Gasteiger partial charge in [0.05, 0.1) is 11.4 Å². The highest BCUT2D eigenvalue weighted by Gasteiger charge is 2.13. The van der Waals surface area contributed by atoms with Crippen LogP contribution in [0.4, 0.5) is 0 Å². The number of hydrogen-bond donors (Lipinski definition) is 1. The topological polar surface area (TPSA) is 94.3 Å². The number of H-pyrrole nitrogens is 1. The van der Waals surface area contributed by atoms with E-state index in [0.29, 0.717) is 23.3 Å². The van der Waals surface area contributed by atoms with Crippen molar-refractivity contribution in [2.45, 2.75) is 37.2 Å². The SMILES string of the molecule is CCCCn1c(SCc2nnnn2-c2ccccc2)n[nH]c1=O. The number of rotatable bonds is 7. The first-order chi connectivity index (χ1) is 11.3. The van der Waals surface area contributed by atoms with Gasteiger partial charge in [-0.15, -0.1) is 10.2 Å². The van der Waals surface area contributed by atoms with Gasteiger partial charge in [-0.25, -0.2) is 9.89 Å². The Kier molecular flexibility index (Phi) is 4.86. The molecule has 2 heterocycles. The van der Waals surface area contributed by atoms with Crippen LogP contribution in [0.3, 0.4) is 0 Å². The predicted molar refractivity (Wildman–Crippen MR) is 86.5 cm³/mol. The first-order valence-electron chi connectivity index (χ1n) is 7.40. The predicted octanol–water partition coefficient (Wildman–Crippen LogP) is 1.64. The summed E-state index contributed by atoms with van der Waals surface area (Å²) >= 11 is 1.44. The van der Waals surface area contributed by atoms with Crippen molar-refractivity contribution >= 4 is 11.8 Å². The van der Waals surface area contributed by atoms with Crippen LogP contribution in [0.2, 0.25) is 0 Å². The molecule has 0 unspecified atom stereocenters. The monoisotopic (exact) mass is 331 g/mol. The summed E-state index contributed by atoms with van der Waals surface area (Å²) in [4.78, 5) is 11.8. The van der Waals surface area contributed by atoms with Crippen molar-refractivity contribution in [1.29, 1.82) is 0 Å². The Morgan fingerprint density at radius 2 is 2.09 bits per heavy atom. The molecule has 0 aliphatic heterocycles. The summed E-state index contributed by atoms with van der Waals surface area (Å²) in [5.74, 6) is 1.23. The van der Waals surface area contributed by atoms with Crippen molar-refractivity contribution in [2.75, 3.05) is 0 Å². The molecule has 0 aliphatic rings. The summed E-state index contributed by atoms with van der Waals surface area (Å²) < 4.78 is 3.35. The number of hydrogen-bond acceptors (Lipinski definition) is 6. The first kappa shape index (κ1) is 15.5. The number of unbranched alkanes of at least 4 members (excludes halogenated alkanes) is 1. The van der Waals surface area contributed by atoms with E-state index in [1.165, 1.54) is 11.8 Å². The summed E-state index contributed by atoms with van der Waals surface area (Å²) in [6.45, 7) is 2.75. The van der Waals surface area contributed by atoms with Gasteiger partial charge in [-0.1, -0.05) is 43.3 Å². The van der Waals surface area contributed by atoms with Crippen LogP contribution >= 0.6 is 11.8 Å². The minimum atomic E-state index is -0.177. The average molecular weight is 331 g/mol. The maximum Gasteiger partial charge on any atom is 0.343 e. The highest BCUT2D eigenvalue weighted by Crippen LogP contribution is 2.19. The third kappa shape index (κ3) is 3.50. The van der Waals surface area contributed by atoms with Crippen LogP contribution < -0.4 is 5.69 Å². The van der Waals surface area contributed by atoms with Crippen molar-refractivity contribution in [3.8, 4) is 5.69 Å². The summed E-state index contributed by atoms with van der Waals surface area (Å²) in [7, 11) is 0. The number of thioether (sulfide) groups is 1. The normalized spacial score (nSPS) is 11.0. The van der Waals surface area contributed by atoms with Crippen molar-refractivity contribution in [3.63, 3.8) is 0 Å². The Bertz CT molecular complexity index is 808. The second-order valence-corrected chi connectivity index (χ2v) is 5.89. The van der Waals surface area contributed by atoms with E-state index in [1.54, 1.807) is 9.25 Å². The van der Waals surface area contributed by atoms with E-state index in [0.717, 1.165) is 18.5 Å². The van der Waals surface area contributed by atoms with Crippen molar-refractivity contribution in [2.24, 2.45) is 0 Å². The lowest BCUT2D eigenvalue weighted by atomic mass is 10.3. The molecule has 0 fully saturated rings. The van der Waals surface area contributed by atoms with Gasteiger partial charge in [0.1, 0.15) is 0 Å². The lowest BCUT2D eigenvalue weighted by Crippen LogP contribution is -2.17. The largest absolute Gasteiger partial charge is 0.343 e. The summed E-state index contributed by atoms with van der Waals surface area (Å²) in [5.41, 5.74) is 0.724. The Labute approximate surface area is 136 Å². The van der Waals surface area contributed by atoms with E-state index in [1.807, 2.05) is 30.3 Å². The molecular weight excluding hydrogens is 314 g/mol. The van der Waals surface area contributed by atoms with E-state index in [9.17, 15) is 4.79 Å². The van der Waals surface area contributed by atoms with E-state index in [-0.39, 0.29) is 5.69 Å². The van der Waals surface area contributed by atoms with Crippen LogP contribution in [0.1, 0.15) is 25.6 Å². The van der Waals surface area contributed by atoms with Gasteiger partial charge in [0.25, 0.3) is 0 Å². The van der Waals surface area contributed by atoms with Gasteiger partial charge < -0.3 is 0 Å². The van der Waals surface area contributed by atoms with Crippen LogP contribution in [-0.4, -0.2) is 35.0 Å². The molecule has 0 radical (unpaired) electrons. The van der Waals surface area contributed by atoms with Crippen molar-refractivity contribution in [1.82, 2.24) is 35.0 Å². The van der Waals surface area contributed by atoms with Crippen LogP contribution in [-0.2, 0) is 12.3 Å². The van der Waals surface area contributed by atoms with E-state index in [2.05, 4.69) is 32.6 Å². The molecule has 0 amide bonds. The maximum atomic E-state index is 11.8. The molecule has 0 saturated carbocycles. The highest BCUT2D eigenvalue weighted by atomic mass is 32.2. The third-order valence-corrected chi connectivity index (χ3v) is 4.30. The minimum Gasteiger partial charge on any atom is -0.270 e. The molecule has 9 heteroatoms. The number of para-hydroxylation sites is 1. The average Bonchev–Trinajstić information content (AvgIpc) is 3.18. The van der Waals surface area contributed by atoms with Crippen LogP contribution in [0.25, 0.3) is 5.69 Å². The standard InChI is InChI=1S/C14H17N7OS/c1-2-3-9-20-13(22)16-17-14(20)23-10-12-15-18-19-21(12)11-7-5-4-6-8-11/h4-8H,2-3,9-10H2,1H3,(H,16,22). The highest BCUT2D eigenvalue weighted by molar-refractivity contribution is 7.98. The molecule has 0 bridgehead atoms. The van der Waals surface area contributed by atoms with Gasteiger partial charge in [0.2, 0.25) is 0 Å². The van der Waals surface area contributed by atoms with E-state index < -0.39 is 0 Å². The Hall–Kier alpha value is -2.42. The van der Waals surface area contributed by atoms with E-state index in [4.69, 9.17) is 0 Å². The molecular formula is C14H17N7OS. The third-order valence-electron chi connectivity index (χ3n) is 3.32. The summed E-state index contributed by atoms with van der Waals surface area (Å²) in [6, 6.07) is 9.69. The molecule has 0 spiro atoms. The fourth-order valence-corrected chi connectivity index (χ4v) is 3.00. The number of aromatic nitrogens is 7. The smallest absolute Gasteiger partial charge is 0.270 e. The zero-order valence-electron chi connectivity index (χ0n) is 12.7. The molecule has 2 aromatic heterocycles. The molecule has 8 nitrogen and oxygen atoms in total. The lowest BCUT2D eigenvalue weighted by Gasteiger charge is -2.05.